The largest absolute Gasteiger partial charge is 0.393 e. The quantitative estimate of drug-likeness (QED) is 0.328. The Morgan fingerprint density at radius 1 is 1.17 bits per heavy atom. The van der Waals surface area contributed by atoms with E-state index in [9.17, 15) is 20.2 Å². The van der Waals surface area contributed by atoms with Gasteiger partial charge in [-0.3, -0.25) is 29.9 Å². The summed E-state index contributed by atoms with van der Waals surface area (Å²) in [6.45, 7) is 6.92. The first kappa shape index (κ1) is 29.3. The Kier molecular flexibility index (Phi) is 11.2. The molecule has 14 nitrogen and oxygen atoms in total. The standard InChI is InChI=1S/C9H14N3O4P.C6H13O3P.C4H4N2O2/c1-9(5-15-8(17)16-6-9)4-11-3-7(2-10-11)12(13)14;1-6(3-7)4-8-5(10)2-9-6;7-6(8)4-1-2-5-3-4/h2-3,8H,4-6,17H2,1H3;5,7H,2-4,10H2,1H3;1,3H,2H2. The molecule has 0 radical (unpaired) electrons. The summed E-state index contributed by atoms with van der Waals surface area (Å²) in [6.07, 6.45) is 5.39. The second-order valence-corrected chi connectivity index (χ2v) is 9.89. The van der Waals surface area contributed by atoms with Crippen molar-refractivity contribution >= 4 is 30.4 Å². The Morgan fingerprint density at radius 2 is 1.86 bits per heavy atom. The number of nitrogens with zero attached hydrogens (tertiary/aromatic N) is 5. The van der Waals surface area contributed by atoms with Gasteiger partial charge in [-0.2, -0.15) is 5.10 Å². The van der Waals surface area contributed by atoms with E-state index >= 15 is 0 Å². The fraction of sp³-hybridized carbons (Fsp3) is 0.684. The van der Waals surface area contributed by atoms with Crippen molar-refractivity contribution in [3.8, 4) is 0 Å². The van der Waals surface area contributed by atoms with Crippen molar-refractivity contribution < 1.29 is 33.9 Å². The fourth-order valence-electron chi connectivity index (χ4n) is 2.89. The highest BCUT2D eigenvalue weighted by atomic mass is 31.0. The lowest BCUT2D eigenvalue weighted by Gasteiger charge is -2.35. The highest BCUT2D eigenvalue weighted by Crippen LogP contribution is 2.28. The third kappa shape index (κ3) is 9.92. The first-order valence-electron chi connectivity index (χ1n) is 10.6. The van der Waals surface area contributed by atoms with Crippen molar-refractivity contribution in [2.24, 2.45) is 10.4 Å². The number of ether oxygens (including phenoxy) is 4. The Balaban J connectivity index is 0.000000204. The fourth-order valence-corrected chi connectivity index (χ4v) is 3.27. The zero-order chi connectivity index (χ0) is 26.1. The van der Waals surface area contributed by atoms with Crippen LogP contribution in [0.4, 0.5) is 5.69 Å². The van der Waals surface area contributed by atoms with Gasteiger partial charge in [0.1, 0.15) is 18.0 Å². The molecule has 4 atom stereocenters. The molecule has 3 aliphatic heterocycles. The van der Waals surface area contributed by atoms with Crippen molar-refractivity contribution in [1.29, 1.82) is 0 Å². The number of hydrogen-bond donors (Lipinski definition) is 1. The lowest BCUT2D eigenvalue weighted by Crippen LogP contribution is -2.45. The average molecular weight is 535 g/mol. The summed E-state index contributed by atoms with van der Waals surface area (Å²) < 4.78 is 22.9. The third-order valence-corrected chi connectivity index (χ3v) is 5.71. The van der Waals surface area contributed by atoms with Crippen molar-refractivity contribution in [2.45, 2.75) is 37.9 Å². The first-order valence-corrected chi connectivity index (χ1v) is 11.9. The van der Waals surface area contributed by atoms with E-state index in [1.54, 1.807) is 4.68 Å². The average Bonchev–Trinajstić information content (AvgIpc) is 3.52. The second-order valence-electron chi connectivity index (χ2n) is 8.60. The minimum Gasteiger partial charge on any atom is -0.393 e. The summed E-state index contributed by atoms with van der Waals surface area (Å²) in [5, 5.41) is 33.2. The molecule has 4 unspecified atom stereocenters. The molecule has 1 aromatic rings. The number of aromatic nitrogens is 2. The molecule has 16 heteroatoms. The van der Waals surface area contributed by atoms with Crippen LogP contribution >= 0.6 is 18.5 Å². The minimum absolute atomic E-state index is 0.00447. The van der Waals surface area contributed by atoms with Gasteiger partial charge in [-0.1, -0.05) is 16.2 Å². The number of hydrogen-bond acceptors (Lipinski definition) is 11. The topological polar surface area (TPSA) is 174 Å². The van der Waals surface area contributed by atoms with Gasteiger partial charge in [0.15, 0.2) is 6.03 Å². The SMILES string of the molecule is CC1(CO)COC(P)CO1.CC1(Cn2cc([N+](=O)[O-])cn2)COC(P)OC1.O=[N+]([O-])C1=CCN=C1. The van der Waals surface area contributed by atoms with Gasteiger partial charge in [0.05, 0.1) is 68.0 Å². The third-order valence-electron chi connectivity index (χ3n) is 4.94. The van der Waals surface area contributed by atoms with Crippen LogP contribution in [0.15, 0.2) is 29.2 Å². The van der Waals surface area contributed by atoms with Gasteiger partial charge in [0, 0.05) is 11.5 Å². The Bertz CT molecular complexity index is 910. The molecule has 4 heterocycles. The maximum Gasteiger partial charge on any atom is 0.306 e. The number of aliphatic hydroxyl groups is 1. The van der Waals surface area contributed by atoms with Gasteiger partial charge >= 0.3 is 5.69 Å². The first-order chi connectivity index (χ1) is 16.4. The molecule has 0 spiro atoms. The van der Waals surface area contributed by atoms with Crippen LogP contribution < -0.4 is 0 Å². The van der Waals surface area contributed by atoms with Crippen LogP contribution in [0.2, 0.25) is 0 Å². The van der Waals surface area contributed by atoms with Crippen LogP contribution in [0.25, 0.3) is 0 Å². The van der Waals surface area contributed by atoms with E-state index in [4.69, 9.17) is 24.1 Å². The minimum atomic E-state index is -0.479. The molecule has 2 saturated heterocycles. The van der Waals surface area contributed by atoms with E-state index in [0.717, 1.165) is 0 Å². The van der Waals surface area contributed by atoms with E-state index in [1.165, 1.54) is 24.7 Å². The molecule has 0 bridgehead atoms. The van der Waals surface area contributed by atoms with E-state index in [1.807, 2.05) is 13.8 Å². The van der Waals surface area contributed by atoms with Crippen LogP contribution in [-0.2, 0) is 25.5 Å². The molecule has 1 N–H and O–H groups in total. The normalized spacial score (nSPS) is 29.8. The lowest BCUT2D eigenvalue weighted by atomic mass is 9.92. The maximum absolute atomic E-state index is 10.5. The number of aliphatic hydroxyl groups excluding tert-OH is 1. The number of aliphatic imine (C=N–C) groups is 1. The summed E-state index contributed by atoms with van der Waals surface area (Å²) in [7, 11) is 4.97. The van der Waals surface area contributed by atoms with Crippen LogP contribution in [0.1, 0.15) is 13.8 Å². The predicted molar refractivity (Wildman–Crippen MR) is 132 cm³/mol. The Labute approximate surface area is 206 Å². The van der Waals surface area contributed by atoms with E-state index in [-0.39, 0.29) is 35.3 Å². The van der Waals surface area contributed by atoms with E-state index < -0.39 is 15.4 Å². The monoisotopic (exact) mass is 535 g/mol. The molecule has 196 valence electrons. The lowest BCUT2D eigenvalue weighted by molar-refractivity contribution is -0.414. The van der Waals surface area contributed by atoms with Crippen molar-refractivity contribution in [3.63, 3.8) is 0 Å². The predicted octanol–water partition coefficient (Wildman–Crippen LogP) is 1.22. The van der Waals surface area contributed by atoms with E-state index in [0.29, 0.717) is 39.5 Å². The van der Waals surface area contributed by atoms with Gasteiger partial charge in [-0.15, -0.1) is 9.24 Å². The molecule has 4 rings (SSSR count). The molecule has 0 amide bonds. The van der Waals surface area contributed by atoms with Crippen LogP contribution in [-0.4, -0.2) is 88.0 Å². The molecule has 0 aliphatic carbocycles. The van der Waals surface area contributed by atoms with Crippen LogP contribution in [0.5, 0.6) is 0 Å². The summed E-state index contributed by atoms with van der Waals surface area (Å²) >= 11 is 0. The molecule has 0 aromatic carbocycles. The zero-order valence-electron chi connectivity index (χ0n) is 19.5. The van der Waals surface area contributed by atoms with Gasteiger partial charge in [-0.25, -0.2) is 0 Å². The maximum atomic E-state index is 10.5. The highest BCUT2D eigenvalue weighted by molar-refractivity contribution is 7.17. The zero-order valence-corrected chi connectivity index (χ0v) is 21.8. The molecule has 2 fully saturated rings. The Hall–Kier alpha value is -1.92. The molecule has 0 saturated carbocycles. The van der Waals surface area contributed by atoms with Crippen molar-refractivity contribution in [3.05, 3.63) is 44.4 Å². The summed E-state index contributed by atoms with van der Waals surface area (Å²) in [4.78, 5) is 23.1. The van der Waals surface area contributed by atoms with Crippen molar-refractivity contribution in [2.75, 3.05) is 39.6 Å². The van der Waals surface area contributed by atoms with E-state index in [2.05, 4.69) is 28.6 Å². The summed E-state index contributed by atoms with van der Waals surface area (Å²) in [5.74, 6) is 0.0830. The molecule has 35 heavy (non-hydrogen) atoms. The molecular formula is C19H31N5O9P2. The van der Waals surface area contributed by atoms with Gasteiger partial charge in [-0.05, 0) is 6.92 Å². The summed E-state index contributed by atoms with van der Waals surface area (Å²) in [6, 6.07) is -0.268. The molecular weight excluding hydrogens is 504 g/mol. The van der Waals surface area contributed by atoms with Crippen LogP contribution in [0, 0.1) is 25.6 Å². The number of allylic oxidation sites excluding steroid dienone is 1. The highest BCUT2D eigenvalue weighted by Gasteiger charge is 2.32. The van der Waals surface area contributed by atoms with Gasteiger partial charge in [0.2, 0.25) is 0 Å². The smallest absolute Gasteiger partial charge is 0.306 e. The second kappa shape index (κ2) is 13.4. The number of rotatable bonds is 5. The molecule has 1 aromatic heterocycles. The molecule has 3 aliphatic rings. The summed E-state index contributed by atoms with van der Waals surface area (Å²) in [5.41, 5.74) is -0.597. The van der Waals surface area contributed by atoms with Crippen molar-refractivity contribution in [1.82, 2.24) is 9.78 Å². The van der Waals surface area contributed by atoms with Gasteiger partial charge < -0.3 is 24.1 Å². The number of nitro groups is 2. The van der Waals surface area contributed by atoms with Crippen LogP contribution in [0.3, 0.4) is 0 Å². The Morgan fingerprint density at radius 3 is 2.29 bits per heavy atom. The van der Waals surface area contributed by atoms with Gasteiger partial charge in [0.25, 0.3) is 5.70 Å².